The van der Waals surface area contributed by atoms with Crippen LogP contribution in [0.15, 0.2) is 18.2 Å². The molecule has 0 aliphatic carbocycles. The van der Waals surface area contributed by atoms with Gasteiger partial charge in [0.15, 0.2) is 11.6 Å². The van der Waals surface area contributed by atoms with E-state index in [-0.39, 0.29) is 12.0 Å². The summed E-state index contributed by atoms with van der Waals surface area (Å²) in [6, 6.07) is 4.07. The van der Waals surface area contributed by atoms with E-state index >= 15 is 0 Å². The molecular weight excluding hydrogens is 222 g/mol. The van der Waals surface area contributed by atoms with Gasteiger partial charge in [-0.3, -0.25) is 0 Å². The summed E-state index contributed by atoms with van der Waals surface area (Å²) in [7, 11) is 3.84. The summed E-state index contributed by atoms with van der Waals surface area (Å²) in [5.41, 5.74) is 6.50. The molecule has 2 unspecified atom stereocenters. The highest BCUT2D eigenvalue weighted by Crippen LogP contribution is 2.29. The van der Waals surface area contributed by atoms with Gasteiger partial charge in [-0.1, -0.05) is 19.4 Å². The summed E-state index contributed by atoms with van der Waals surface area (Å²) in [4.78, 5) is 1.99. The predicted molar refractivity (Wildman–Crippen MR) is 65.6 cm³/mol. The zero-order valence-electron chi connectivity index (χ0n) is 10.6. The molecule has 2 N–H and O–H groups in total. The molecule has 0 aliphatic heterocycles. The molecule has 0 aromatic heterocycles. The van der Waals surface area contributed by atoms with Gasteiger partial charge in [-0.05, 0) is 44.3 Å². The van der Waals surface area contributed by atoms with Crippen molar-refractivity contribution in [3.63, 3.8) is 0 Å². The second-order valence-corrected chi connectivity index (χ2v) is 4.49. The minimum atomic E-state index is -0.813. The van der Waals surface area contributed by atoms with E-state index in [2.05, 4.69) is 0 Å². The van der Waals surface area contributed by atoms with Crippen molar-refractivity contribution in [1.29, 1.82) is 0 Å². The van der Waals surface area contributed by atoms with Crippen molar-refractivity contribution in [3.8, 4) is 0 Å². The van der Waals surface area contributed by atoms with E-state index in [4.69, 9.17) is 5.73 Å². The minimum Gasteiger partial charge on any atom is -0.330 e. The topological polar surface area (TPSA) is 29.3 Å². The lowest BCUT2D eigenvalue weighted by Gasteiger charge is -2.31. The van der Waals surface area contributed by atoms with Gasteiger partial charge in [0.05, 0.1) is 0 Å². The quantitative estimate of drug-likeness (QED) is 0.859. The van der Waals surface area contributed by atoms with E-state index in [1.54, 1.807) is 6.07 Å². The van der Waals surface area contributed by atoms with Crippen LogP contribution in [0, 0.1) is 17.6 Å². The lowest BCUT2D eigenvalue weighted by molar-refractivity contribution is 0.210. The van der Waals surface area contributed by atoms with Gasteiger partial charge in [-0.15, -0.1) is 0 Å². The molecule has 0 amide bonds. The van der Waals surface area contributed by atoms with Gasteiger partial charge in [0.25, 0.3) is 0 Å². The highest BCUT2D eigenvalue weighted by molar-refractivity contribution is 5.22. The van der Waals surface area contributed by atoms with Gasteiger partial charge in [0.1, 0.15) is 0 Å². The van der Waals surface area contributed by atoms with Crippen LogP contribution in [-0.4, -0.2) is 25.5 Å². The third-order valence-electron chi connectivity index (χ3n) is 3.12. The van der Waals surface area contributed by atoms with Crippen LogP contribution in [0.4, 0.5) is 8.78 Å². The number of hydrogen-bond acceptors (Lipinski definition) is 2. The second-order valence-electron chi connectivity index (χ2n) is 4.49. The highest BCUT2D eigenvalue weighted by Gasteiger charge is 2.23. The maximum absolute atomic E-state index is 13.2. The van der Waals surface area contributed by atoms with E-state index < -0.39 is 11.6 Å². The van der Waals surface area contributed by atoms with Gasteiger partial charge < -0.3 is 10.6 Å². The molecule has 17 heavy (non-hydrogen) atoms. The molecule has 1 aromatic rings. The summed E-state index contributed by atoms with van der Waals surface area (Å²) in [6.45, 7) is 2.58. The van der Waals surface area contributed by atoms with Crippen LogP contribution in [0.5, 0.6) is 0 Å². The molecule has 0 fully saturated rings. The summed E-state index contributed by atoms with van der Waals surface area (Å²) >= 11 is 0. The normalized spacial score (nSPS) is 15.0. The van der Waals surface area contributed by atoms with Gasteiger partial charge in [-0.25, -0.2) is 8.78 Å². The van der Waals surface area contributed by atoms with Crippen LogP contribution >= 0.6 is 0 Å². The fourth-order valence-electron chi connectivity index (χ4n) is 2.21. The summed E-state index contributed by atoms with van der Waals surface area (Å²) in [5, 5.41) is 0. The molecular formula is C13H20F2N2. The number of rotatable bonds is 5. The molecule has 0 radical (unpaired) electrons. The van der Waals surface area contributed by atoms with Crippen molar-refractivity contribution in [2.75, 3.05) is 20.6 Å². The second kappa shape index (κ2) is 6.07. The zero-order valence-corrected chi connectivity index (χ0v) is 10.6. The smallest absolute Gasteiger partial charge is 0.159 e. The fraction of sp³-hybridized carbons (Fsp3) is 0.538. The molecule has 2 atom stereocenters. The van der Waals surface area contributed by atoms with Crippen LogP contribution in [0.2, 0.25) is 0 Å². The van der Waals surface area contributed by atoms with E-state index in [0.717, 1.165) is 12.0 Å². The molecule has 0 aliphatic rings. The van der Waals surface area contributed by atoms with E-state index in [9.17, 15) is 8.78 Å². The highest BCUT2D eigenvalue weighted by atomic mass is 19.2. The largest absolute Gasteiger partial charge is 0.330 e. The Morgan fingerprint density at radius 1 is 1.24 bits per heavy atom. The molecule has 2 nitrogen and oxygen atoms in total. The van der Waals surface area contributed by atoms with Crippen molar-refractivity contribution in [2.24, 2.45) is 11.7 Å². The molecule has 0 bridgehead atoms. The van der Waals surface area contributed by atoms with Crippen molar-refractivity contribution < 1.29 is 8.78 Å². The average Bonchev–Trinajstić information content (AvgIpc) is 2.29. The van der Waals surface area contributed by atoms with Gasteiger partial charge in [-0.2, -0.15) is 0 Å². The van der Waals surface area contributed by atoms with Crippen LogP contribution in [0.3, 0.4) is 0 Å². The van der Waals surface area contributed by atoms with E-state index in [0.29, 0.717) is 6.54 Å². The molecule has 0 saturated heterocycles. The molecule has 1 rings (SSSR count). The summed E-state index contributed by atoms with van der Waals surface area (Å²) in [6.07, 6.45) is 0.901. The summed E-state index contributed by atoms with van der Waals surface area (Å²) in [5.74, 6) is -1.39. The Morgan fingerprint density at radius 2 is 1.88 bits per heavy atom. The lowest BCUT2D eigenvalue weighted by atomic mass is 9.90. The van der Waals surface area contributed by atoms with Crippen LogP contribution in [-0.2, 0) is 0 Å². The van der Waals surface area contributed by atoms with Gasteiger partial charge >= 0.3 is 0 Å². The number of halogens is 2. The predicted octanol–water partition coefficient (Wildman–Crippen LogP) is 2.55. The SMILES string of the molecule is CCC(CN)C(c1ccc(F)c(F)c1)N(C)C. The fourth-order valence-corrected chi connectivity index (χ4v) is 2.21. The number of hydrogen-bond donors (Lipinski definition) is 1. The van der Waals surface area contributed by atoms with Crippen molar-refractivity contribution in [3.05, 3.63) is 35.4 Å². The Kier molecular flexibility index (Phi) is 5.02. The first-order valence-electron chi connectivity index (χ1n) is 5.82. The van der Waals surface area contributed by atoms with Crippen LogP contribution in [0.25, 0.3) is 0 Å². The Bertz CT molecular complexity index is 362. The lowest BCUT2D eigenvalue weighted by Crippen LogP contribution is -2.31. The minimum absolute atomic E-state index is 0.0140. The van der Waals surface area contributed by atoms with Crippen LogP contribution in [0.1, 0.15) is 24.9 Å². The maximum atomic E-state index is 13.2. The Labute approximate surface area is 101 Å². The van der Waals surface area contributed by atoms with E-state index in [1.165, 1.54) is 12.1 Å². The van der Waals surface area contributed by atoms with Crippen molar-refractivity contribution >= 4 is 0 Å². The van der Waals surface area contributed by atoms with Gasteiger partial charge in [0.2, 0.25) is 0 Å². The molecule has 0 spiro atoms. The monoisotopic (exact) mass is 242 g/mol. The third kappa shape index (κ3) is 3.23. The Hall–Kier alpha value is -1.00. The molecule has 0 saturated carbocycles. The van der Waals surface area contributed by atoms with Gasteiger partial charge in [0, 0.05) is 6.04 Å². The number of nitrogens with zero attached hydrogens (tertiary/aromatic N) is 1. The molecule has 1 aromatic carbocycles. The maximum Gasteiger partial charge on any atom is 0.159 e. The van der Waals surface area contributed by atoms with E-state index in [1.807, 2.05) is 25.9 Å². The van der Waals surface area contributed by atoms with Crippen molar-refractivity contribution in [2.45, 2.75) is 19.4 Å². The molecule has 0 heterocycles. The van der Waals surface area contributed by atoms with Crippen LogP contribution < -0.4 is 5.73 Å². The molecule has 96 valence electrons. The Balaban J connectivity index is 3.09. The number of nitrogens with two attached hydrogens (primary N) is 1. The standard InChI is InChI=1S/C13H20F2N2/c1-4-9(8-16)13(17(2)3)10-5-6-11(14)12(15)7-10/h5-7,9,13H,4,8,16H2,1-3H3. The number of benzene rings is 1. The summed E-state index contributed by atoms with van der Waals surface area (Å²) < 4.78 is 26.2. The first-order chi connectivity index (χ1) is 8.01. The average molecular weight is 242 g/mol. The third-order valence-corrected chi connectivity index (χ3v) is 3.12. The first kappa shape index (κ1) is 14.1. The molecule has 4 heteroatoms. The Morgan fingerprint density at radius 3 is 2.29 bits per heavy atom. The zero-order chi connectivity index (χ0) is 13.0. The van der Waals surface area contributed by atoms with Crippen molar-refractivity contribution in [1.82, 2.24) is 4.90 Å². The first-order valence-corrected chi connectivity index (χ1v) is 5.82.